The molecule has 0 spiro atoms. The van der Waals surface area contributed by atoms with Crippen LogP contribution in [0.1, 0.15) is 42.7 Å². The van der Waals surface area contributed by atoms with Gasteiger partial charge in [-0.3, -0.25) is 4.79 Å². The maximum atomic E-state index is 14.3. The van der Waals surface area contributed by atoms with E-state index in [1.165, 1.54) is 10.4 Å². The smallest absolute Gasteiger partial charge is 0.248 e. The predicted molar refractivity (Wildman–Crippen MR) is 112 cm³/mol. The molecule has 10 heteroatoms. The molecule has 0 unspecified atom stereocenters. The Morgan fingerprint density at radius 3 is 2.48 bits per heavy atom. The molecule has 0 N–H and O–H groups in total. The summed E-state index contributed by atoms with van der Waals surface area (Å²) in [5.41, 5.74) is 0.653. The molecule has 1 saturated heterocycles. The van der Waals surface area contributed by atoms with E-state index in [0.717, 1.165) is 12.8 Å². The van der Waals surface area contributed by atoms with E-state index in [9.17, 15) is 17.6 Å². The Bertz CT molecular complexity index is 1050. The topological polar surface area (TPSA) is 83.7 Å². The molecule has 7 nitrogen and oxygen atoms in total. The van der Waals surface area contributed by atoms with Gasteiger partial charge in [-0.15, -0.1) is 0 Å². The number of hydrogen-bond donors (Lipinski definition) is 0. The minimum absolute atomic E-state index is 0.0591. The summed E-state index contributed by atoms with van der Waals surface area (Å²) in [5, 5.41) is 4.05. The third kappa shape index (κ3) is 4.36. The molecule has 1 saturated carbocycles. The van der Waals surface area contributed by atoms with Crippen molar-refractivity contribution in [2.75, 3.05) is 13.1 Å². The van der Waals surface area contributed by atoms with Gasteiger partial charge in [0.2, 0.25) is 15.9 Å². The standard InChI is InChI=1S/C21H25ClFN3O4S/c1-13-20(14(2)30-24-13)31(28,29)25-10-8-15(9-11-25)21(27)26(16-6-7-16)12-17-18(22)4-3-5-19(17)23/h3-5,15-16H,6-12H2,1-2H3. The molecule has 0 bridgehead atoms. The van der Waals surface area contributed by atoms with E-state index < -0.39 is 15.8 Å². The van der Waals surface area contributed by atoms with Crippen molar-refractivity contribution in [2.45, 2.75) is 57.0 Å². The molecular weight excluding hydrogens is 445 g/mol. The van der Waals surface area contributed by atoms with Gasteiger partial charge in [-0.25, -0.2) is 12.8 Å². The molecule has 2 aliphatic rings. The summed E-state index contributed by atoms with van der Waals surface area (Å²) in [6, 6.07) is 4.59. The van der Waals surface area contributed by atoms with Gasteiger partial charge < -0.3 is 9.42 Å². The molecule has 4 rings (SSSR count). The van der Waals surface area contributed by atoms with Crippen molar-refractivity contribution in [3.63, 3.8) is 0 Å². The minimum atomic E-state index is -3.73. The number of rotatable bonds is 6. The summed E-state index contributed by atoms with van der Waals surface area (Å²) in [7, 11) is -3.73. The van der Waals surface area contributed by atoms with Crippen molar-refractivity contribution in [2.24, 2.45) is 5.92 Å². The van der Waals surface area contributed by atoms with Gasteiger partial charge >= 0.3 is 0 Å². The molecule has 2 fully saturated rings. The highest BCUT2D eigenvalue weighted by Gasteiger charge is 2.40. The maximum Gasteiger partial charge on any atom is 0.248 e. The largest absolute Gasteiger partial charge is 0.360 e. The zero-order valence-corrected chi connectivity index (χ0v) is 19.0. The summed E-state index contributed by atoms with van der Waals surface area (Å²) in [4.78, 5) is 15.1. The molecule has 1 aromatic heterocycles. The number of halogens is 2. The quantitative estimate of drug-likeness (QED) is 0.644. The fourth-order valence-corrected chi connectivity index (χ4v) is 6.16. The first kappa shape index (κ1) is 22.2. The van der Waals surface area contributed by atoms with Crippen molar-refractivity contribution in [1.82, 2.24) is 14.4 Å². The molecule has 168 valence electrons. The van der Waals surface area contributed by atoms with E-state index in [4.69, 9.17) is 16.1 Å². The second kappa shape index (κ2) is 8.52. The SMILES string of the molecule is Cc1noc(C)c1S(=O)(=O)N1CCC(C(=O)N(Cc2c(F)cccc2Cl)C2CC2)CC1. The second-order valence-electron chi connectivity index (χ2n) is 8.23. The summed E-state index contributed by atoms with van der Waals surface area (Å²) >= 11 is 6.17. The van der Waals surface area contributed by atoms with Gasteiger partial charge in [0.15, 0.2) is 5.76 Å². The lowest BCUT2D eigenvalue weighted by molar-refractivity contribution is -0.138. The number of aryl methyl sites for hydroxylation is 2. The molecule has 1 aromatic carbocycles. The van der Waals surface area contributed by atoms with E-state index in [-0.39, 0.29) is 48.2 Å². The molecule has 2 aromatic rings. The number of hydrogen-bond acceptors (Lipinski definition) is 5. The molecule has 0 radical (unpaired) electrons. The maximum absolute atomic E-state index is 14.3. The number of carbonyl (C=O) groups is 1. The summed E-state index contributed by atoms with van der Waals surface area (Å²) < 4.78 is 46.7. The first-order valence-corrected chi connectivity index (χ1v) is 12.2. The van der Waals surface area contributed by atoms with Gasteiger partial charge in [0.25, 0.3) is 0 Å². The lowest BCUT2D eigenvalue weighted by atomic mass is 9.96. The van der Waals surface area contributed by atoms with Crippen LogP contribution in [-0.2, 0) is 21.4 Å². The molecule has 2 heterocycles. The predicted octanol–water partition coefficient (Wildman–Crippen LogP) is 3.68. The van der Waals surface area contributed by atoms with Crippen LogP contribution in [0.3, 0.4) is 0 Å². The summed E-state index contributed by atoms with van der Waals surface area (Å²) in [5.74, 6) is -0.526. The van der Waals surface area contributed by atoms with Gasteiger partial charge in [0.1, 0.15) is 16.4 Å². The normalized spacial score (nSPS) is 18.3. The fraction of sp³-hybridized carbons (Fsp3) is 0.524. The number of carbonyl (C=O) groups excluding carboxylic acids is 1. The van der Waals surface area contributed by atoms with E-state index in [1.807, 2.05) is 0 Å². The van der Waals surface area contributed by atoms with E-state index >= 15 is 0 Å². The Hall–Kier alpha value is -1.97. The van der Waals surface area contributed by atoms with Crippen LogP contribution in [0.25, 0.3) is 0 Å². The fourth-order valence-electron chi connectivity index (χ4n) is 4.18. The molecule has 0 atom stereocenters. The van der Waals surface area contributed by atoms with Crippen LogP contribution in [-0.4, -0.2) is 47.8 Å². The van der Waals surface area contributed by atoms with Crippen molar-refractivity contribution in [1.29, 1.82) is 0 Å². The molecule has 1 amide bonds. The molecular formula is C21H25ClFN3O4S. The Kier molecular flexibility index (Phi) is 6.11. The summed E-state index contributed by atoms with van der Waals surface area (Å²) in [6.07, 6.45) is 2.60. The van der Waals surface area contributed by atoms with Gasteiger partial charge in [-0.1, -0.05) is 22.8 Å². The highest BCUT2D eigenvalue weighted by Crippen LogP contribution is 2.34. The first-order chi connectivity index (χ1) is 14.7. The van der Waals surface area contributed by atoms with E-state index in [0.29, 0.717) is 29.1 Å². The van der Waals surface area contributed by atoms with Gasteiger partial charge in [0.05, 0.1) is 6.54 Å². The van der Waals surface area contributed by atoms with Crippen LogP contribution >= 0.6 is 11.6 Å². The average Bonchev–Trinajstić information content (AvgIpc) is 3.51. The number of amides is 1. The van der Waals surface area contributed by atoms with Crippen molar-refractivity contribution < 1.29 is 22.1 Å². The number of piperidine rings is 1. The van der Waals surface area contributed by atoms with E-state index in [2.05, 4.69) is 5.16 Å². The first-order valence-electron chi connectivity index (χ1n) is 10.4. The Morgan fingerprint density at radius 1 is 1.26 bits per heavy atom. The van der Waals surface area contributed by atoms with Crippen LogP contribution in [0.15, 0.2) is 27.6 Å². The third-order valence-electron chi connectivity index (χ3n) is 6.03. The number of sulfonamides is 1. The second-order valence-corrected chi connectivity index (χ2v) is 10.5. The Balaban J connectivity index is 1.46. The van der Waals surface area contributed by atoms with Crippen LogP contribution < -0.4 is 0 Å². The van der Waals surface area contributed by atoms with E-state index in [1.54, 1.807) is 30.9 Å². The molecule has 1 aliphatic carbocycles. The van der Waals surface area contributed by atoms with Gasteiger partial charge in [0, 0.05) is 35.6 Å². The lowest BCUT2D eigenvalue weighted by Gasteiger charge is -2.34. The average molecular weight is 470 g/mol. The summed E-state index contributed by atoms with van der Waals surface area (Å²) in [6.45, 7) is 3.78. The zero-order chi connectivity index (χ0) is 22.3. The Morgan fingerprint density at radius 2 is 1.94 bits per heavy atom. The monoisotopic (exact) mass is 469 g/mol. The van der Waals surface area contributed by atoms with Crippen molar-refractivity contribution in [3.8, 4) is 0 Å². The number of benzene rings is 1. The zero-order valence-electron chi connectivity index (χ0n) is 17.5. The van der Waals surface area contributed by atoms with Crippen LogP contribution in [0.2, 0.25) is 5.02 Å². The van der Waals surface area contributed by atoms with Crippen LogP contribution in [0.5, 0.6) is 0 Å². The highest BCUT2D eigenvalue weighted by atomic mass is 35.5. The van der Waals surface area contributed by atoms with Crippen molar-refractivity contribution in [3.05, 3.63) is 46.1 Å². The van der Waals surface area contributed by atoms with Gasteiger partial charge in [-0.2, -0.15) is 4.31 Å². The Labute approximate surface area is 186 Å². The lowest BCUT2D eigenvalue weighted by Crippen LogP contribution is -2.45. The molecule has 1 aliphatic heterocycles. The highest BCUT2D eigenvalue weighted by molar-refractivity contribution is 7.89. The minimum Gasteiger partial charge on any atom is -0.360 e. The third-order valence-corrected chi connectivity index (χ3v) is 8.53. The van der Waals surface area contributed by atoms with Gasteiger partial charge in [-0.05, 0) is 51.7 Å². The number of aromatic nitrogens is 1. The van der Waals surface area contributed by atoms with Crippen LogP contribution in [0.4, 0.5) is 4.39 Å². The van der Waals surface area contributed by atoms with Crippen molar-refractivity contribution >= 4 is 27.5 Å². The van der Waals surface area contributed by atoms with Crippen LogP contribution in [0, 0.1) is 25.6 Å². The number of nitrogens with zero attached hydrogens (tertiary/aromatic N) is 3. The molecule has 31 heavy (non-hydrogen) atoms.